The van der Waals surface area contributed by atoms with Gasteiger partial charge in [-0.15, -0.1) is 0 Å². The topological polar surface area (TPSA) is 25.8 Å². The van der Waals surface area contributed by atoms with Crippen molar-refractivity contribution in [3.8, 4) is 11.3 Å². The van der Waals surface area contributed by atoms with Crippen molar-refractivity contribution >= 4 is 15.9 Å². The fourth-order valence-electron chi connectivity index (χ4n) is 2.64. The second-order valence-electron chi connectivity index (χ2n) is 5.50. The van der Waals surface area contributed by atoms with E-state index in [2.05, 4.69) is 52.1 Å². The predicted molar refractivity (Wildman–Crippen MR) is 85.8 cm³/mol. The van der Waals surface area contributed by atoms with Crippen LogP contribution in [0.4, 0.5) is 0 Å². The normalized spacial score (nSPS) is 15.1. The Labute approximate surface area is 128 Å². The molecule has 1 fully saturated rings. The first-order chi connectivity index (χ1) is 9.76. The summed E-state index contributed by atoms with van der Waals surface area (Å²) in [5.74, 6) is 1.68. The summed E-state index contributed by atoms with van der Waals surface area (Å²) >= 11 is 3.50. The molecular weight excluding hydrogens is 312 g/mol. The minimum atomic E-state index is 0.760. The molecule has 0 atom stereocenters. The standard InChI is InChI=1S/C17H19BrN2/c1-2-5-17-19-15(11-16(18)20-17)14-9-4-8-13(10-14)12-6-3-7-12/h4,8-12H,2-3,5-7H2,1H3. The van der Waals surface area contributed by atoms with Crippen molar-refractivity contribution in [1.82, 2.24) is 9.97 Å². The summed E-state index contributed by atoms with van der Waals surface area (Å²) in [6.45, 7) is 2.15. The molecule has 1 saturated carbocycles. The van der Waals surface area contributed by atoms with E-state index in [4.69, 9.17) is 4.98 Å². The van der Waals surface area contributed by atoms with Crippen LogP contribution in [0.3, 0.4) is 0 Å². The van der Waals surface area contributed by atoms with Crippen molar-refractivity contribution in [2.45, 2.75) is 44.9 Å². The van der Waals surface area contributed by atoms with Gasteiger partial charge in [-0.25, -0.2) is 9.97 Å². The lowest BCUT2D eigenvalue weighted by molar-refractivity contribution is 0.420. The molecular formula is C17H19BrN2. The highest BCUT2D eigenvalue weighted by atomic mass is 79.9. The molecule has 1 aromatic carbocycles. The van der Waals surface area contributed by atoms with Crippen LogP contribution in [0, 0.1) is 0 Å². The van der Waals surface area contributed by atoms with Crippen LogP contribution in [0.1, 0.15) is 49.9 Å². The molecule has 2 aromatic rings. The minimum absolute atomic E-state index is 0.760. The number of rotatable bonds is 4. The van der Waals surface area contributed by atoms with Gasteiger partial charge >= 0.3 is 0 Å². The first-order valence-corrected chi connectivity index (χ1v) is 8.19. The van der Waals surface area contributed by atoms with Crippen molar-refractivity contribution in [3.63, 3.8) is 0 Å². The molecule has 1 aromatic heterocycles. The zero-order chi connectivity index (χ0) is 13.9. The number of aromatic nitrogens is 2. The second-order valence-corrected chi connectivity index (χ2v) is 6.31. The molecule has 3 heteroatoms. The van der Waals surface area contributed by atoms with Crippen LogP contribution in [0.25, 0.3) is 11.3 Å². The molecule has 2 nitrogen and oxygen atoms in total. The molecule has 0 unspecified atom stereocenters. The molecule has 0 spiro atoms. The van der Waals surface area contributed by atoms with E-state index in [1.807, 2.05) is 6.07 Å². The highest BCUT2D eigenvalue weighted by Gasteiger charge is 2.19. The van der Waals surface area contributed by atoms with Gasteiger partial charge in [-0.2, -0.15) is 0 Å². The van der Waals surface area contributed by atoms with E-state index in [0.29, 0.717) is 0 Å². The lowest BCUT2D eigenvalue weighted by Crippen LogP contribution is -2.08. The third-order valence-electron chi connectivity index (χ3n) is 3.97. The van der Waals surface area contributed by atoms with Gasteiger partial charge in [0.15, 0.2) is 0 Å². The highest BCUT2D eigenvalue weighted by Crippen LogP contribution is 2.37. The van der Waals surface area contributed by atoms with E-state index < -0.39 is 0 Å². The maximum Gasteiger partial charge on any atom is 0.130 e. The van der Waals surface area contributed by atoms with Crippen molar-refractivity contribution in [1.29, 1.82) is 0 Å². The van der Waals surface area contributed by atoms with Crippen LogP contribution in [0.2, 0.25) is 0 Å². The monoisotopic (exact) mass is 330 g/mol. The van der Waals surface area contributed by atoms with Gasteiger partial charge in [0, 0.05) is 12.0 Å². The number of halogens is 1. The molecule has 1 aliphatic carbocycles. The van der Waals surface area contributed by atoms with Crippen molar-refractivity contribution < 1.29 is 0 Å². The SMILES string of the molecule is CCCc1nc(Br)cc(-c2cccc(C3CCC3)c2)n1. The average molecular weight is 331 g/mol. The van der Waals surface area contributed by atoms with Crippen LogP contribution >= 0.6 is 15.9 Å². The summed E-state index contributed by atoms with van der Waals surface area (Å²) in [6.07, 6.45) is 6.03. The average Bonchev–Trinajstić information content (AvgIpc) is 2.37. The zero-order valence-electron chi connectivity index (χ0n) is 11.8. The van der Waals surface area contributed by atoms with Gasteiger partial charge in [0.05, 0.1) is 5.69 Å². The van der Waals surface area contributed by atoms with Crippen LogP contribution in [-0.2, 0) is 6.42 Å². The highest BCUT2D eigenvalue weighted by molar-refractivity contribution is 9.10. The summed E-state index contributed by atoms with van der Waals surface area (Å²) in [5.41, 5.74) is 3.69. The Hall–Kier alpha value is -1.22. The Morgan fingerprint density at radius 3 is 2.75 bits per heavy atom. The first-order valence-electron chi connectivity index (χ1n) is 7.40. The fourth-order valence-corrected chi connectivity index (χ4v) is 3.06. The zero-order valence-corrected chi connectivity index (χ0v) is 13.4. The number of nitrogens with zero attached hydrogens (tertiary/aromatic N) is 2. The third-order valence-corrected chi connectivity index (χ3v) is 4.38. The summed E-state index contributed by atoms with van der Waals surface area (Å²) in [4.78, 5) is 9.14. The van der Waals surface area contributed by atoms with Crippen LogP contribution < -0.4 is 0 Å². The predicted octanol–water partition coefficient (Wildman–Crippen LogP) is 5.13. The molecule has 0 bridgehead atoms. The number of hydrogen-bond donors (Lipinski definition) is 0. The van der Waals surface area contributed by atoms with Gasteiger partial charge in [0.1, 0.15) is 10.4 Å². The Morgan fingerprint density at radius 1 is 1.20 bits per heavy atom. The minimum Gasteiger partial charge on any atom is -0.233 e. The smallest absolute Gasteiger partial charge is 0.130 e. The number of aryl methyl sites for hydroxylation is 1. The summed E-state index contributed by atoms with van der Waals surface area (Å²) in [5, 5.41) is 0. The van der Waals surface area contributed by atoms with Crippen molar-refractivity contribution in [3.05, 3.63) is 46.3 Å². The van der Waals surface area contributed by atoms with Gasteiger partial charge in [-0.3, -0.25) is 0 Å². The molecule has 104 valence electrons. The summed E-state index contributed by atoms with van der Waals surface area (Å²) in [6, 6.07) is 10.9. The quantitative estimate of drug-likeness (QED) is 0.726. The Balaban J connectivity index is 1.95. The van der Waals surface area contributed by atoms with Gasteiger partial charge in [-0.05, 0) is 58.8 Å². The van der Waals surface area contributed by atoms with Crippen molar-refractivity contribution in [2.24, 2.45) is 0 Å². The maximum atomic E-state index is 4.70. The molecule has 0 aliphatic heterocycles. The lowest BCUT2D eigenvalue weighted by atomic mass is 9.79. The molecule has 20 heavy (non-hydrogen) atoms. The summed E-state index contributed by atoms with van der Waals surface area (Å²) in [7, 11) is 0. The molecule has 0 saturated heterocycles. The third kappa shape index (κ3) is 2.93. The Kier molecular flexibility index (Phi) is 4.16. The fraction of sp³-hybridized carbons (Fsp3) is 0.412. The van der Waals surface area contributed by atoms with Gasteiger partial charge in [0.2, 0.25) is 0 Å². The molecule has 1 aliphatic rings. The van der Waals surface area contributed by atoms with Crippen LogP contribution in [0.15, 0.2) is 34.9 Å². The van der Waals surface area contributed by atoms with Crippen LogP contribution in [-0.4, -0.2) is 9.97 Å². The molecule has 1 heterocycles. The van der Waals surface area contributed by atoms with E-state index in [0.717, 1.165) is 34.9 Å². The first kappa shape index (κ1) is 13.7. The van der Waals surface area contributed by atoms with E-state index >= 15 is 0 Å². The molecule has 0 amide bonds. The molecule has 0 N–H and O–H groups in total. The van der Waals surface area contributed by atoms with Gasteiger partial charge in [0.25, 0.3) is 0 Å². The Morgan fingerprint density at radius 2 is 2.05 bits per heavy atom. The van der Waals surface area contributed by atoms with E-state index in [-0.39, 0.29) is 0 Å². The van der Waals surface area contributed by atoms with Crippen molar-refractivity contribution in [2.75, 3.05) is 0 Å². The van der Waals surface area contributed by atoms with Gasteiger partial charge in [-0.1, -0.05) is 31.5 Å². The Bertz CT molecular complexity index is 606. The molecule has 0 radical (unpaired) electrons. The molecule has 3 rings (SSSR count). The van der Waals surface area contributed by atoms with Crippen LogP contribution in [0.5, 0.6) is 0 Å². The number of hydrogen-bond acceptors (Lipinski definition) is 2. The second kappa shape index (κ2) is 6.04. The van der Waals surface area contributed by atoms with E-state index in [9.17, 15) is 0 Å². The summed E-state index contributed by atoms with van der Waals surface area (Å²) < 4.78 is 0.875. The maximum absolute atomic E-state index is 4.70. The largest absolute Gasteiger partial charge is 0.233 e. The number of benzene rings is 1. The van der Waals surface area contributed by atoms with E-state index in [1.54, 1.807) is 0 Å². The van der Waals surface area contributed by atoms with E-state index in [1.165, 1.54) is 30.4 Å². The van der Waals surface area contributed by atoms with Gasteiger partial charge < -0.3 is 0 Å². The lowest BCUT2D eigenvalue weighted by Gasteiger charge is -2.26.